The van der Waals surface area contributed by atoms with Crippen LogP contribution in [0.3, 0.4) is 0 Å². The number of aryl methyl sites for hydroxylation is 1. The van der Waals surface area contributed by atoms with Crippen LogP contribution in [0, 0.1) is 12.3 Å². The minimum absolute atomic E-state index is 0.193. The summed E-state index contributed by atoms with van der Waals surface area (Å²) < 4.78 is 5.90. The standard InChI is InChI=1S/C21H20N2O2/c1-4-15-9-8-10-16(13-15)22-21(24)23(3)14-18-17-11-6-7-12-20(17)25-19(18)5-2/h1,6-13H,5,14H2,2-3H3,(H,22,24). The molecule has 3 aromatic rings. The predicted octanol–water partition coefficient (Wildman–Crippen LogP) is 4.64. The monoisotopic (exact) mass is 332 g/mol. The second-order valence-corrected chi connectivity index (χ2v) is 5.86. The fraction of sp³-hybridized carbons (Fsp3) is 0.190. The molecule has 1 N–H and O–H groups in total. The lowest BCUT2D eigenvalue weighted by Crippen LogP contribution is -2.31. The molecule has 0 saturated carbocycles. The number of urea groups is 1. The van der Waals surface area contributed by atoms with Crippen LogP contribution in [0.5, 0.6) is 0 Å². The SMILES string of the molecule is C#Cc1cccc(NC(=O)N(C)Cc2c(CC)oc3ccccc23)c1. The fourth-order valence-electron chi connectivity index (χ4n) is 2.82. The van der Waals surface area contributed by atoms with Crippen LogP contribution in [0.25, 0.3) is 11.0 Å². The van der Waals surface area contributed by atoms with Gasteiger partial charge in [-0.3, -0.25) is 0 Å². The Morgan fingerprint density at radius 2 is 2.04 bits per heavy atom. The zero-order valence-electron chi connectivity index (χ0n) is 14.4. The van der Waals surface area contributed by atoms with Crippen LogP contribution >= 0.6 is 0 Å². The number of rotatable bonds is 4. The Labute approximate surface area is 147 Å². The van der Waals surface area contributed by atoms with Crippen molar-refractivity contribution < 1.29 is 9.21 Å². The average molecular weight is 332 g/mol. The molecule has 25 heavy (non-hydrogen) atoms. The number of hydrogen-bond donors (Lipinski definition) is 1. The third-order valence-corrected chi connectivity index (χ3v) is 4.13. The summed E-state index contributed by atoms with van der Waals surface area (Å²) in [6.07, 6.45) is 6.18. The summed E-state index contributed by atoms with van der Waals surface area (Å²) in [6.45, 7) is 2.52. The molecule has 0 unspecified atom stereocenters. The van der Waals surface area contributed by atoms with Crippen LogP contribution in [0.4, 0.5) is 10.5 Å². The molecule has 0 atom stereocenters. The van der Waals surface area contributed by atoms with Gasteiger partial charge in [0.1, 0.15) is 11.3 Å². The van der Waals surface area contributed by atoms with Crippen molar-refractivity contribution in [2.75, 3.05) is 12.4 Å². The number of hydrogen-bond acceptors (Lipinski definition) is 2. The molecule has 0 aliphatic rings. The normalized spacial score (nSPS) is 10.4. The summed E-state index contributed by atoms with van der Waals surface area (Å²) >= 11 is 0. The van der Waals surface area contributed by atoms with E-state index >= 15 is 0 Å². The highest BCUT2D eigenvalue weighted by atomic mass is 16.3. The van der Waals surface area contributed by atoms with Gasteiger partial charge < -0.3 is 14.6 Å². The number of amides is 2. The van der Waals surface area contributed by atoms with Crippen molar-refractivity contribution in [2.45, 2.75) is 19.9 Å². The van der Waals surface area contributed by atoms with E-state index in [1.54, 1.807) is 18.0 Å². The Balaban J connectivity index is 1.79. The molecule has 0 spiro atoms. The maximum Gasteiger partial charge on any atom is 0.321 e. The fourth-order valence-corrected chi connectivity index (χ4v) is 2.82. The van der Waals surface area contributed by atoms with E-state index in [0.717, 1.165) is 34.3 Å². The number of anilines is 1. The minimum atomic E-state index is -0.193. The molecule has 126 valence electrons. The lowest BCUT2D eigenvalue weighted by atomic mass is 10.1. The first-order valence-electron chi connectivity index (χ1n) is 8.20. The largest absolute Gasteiger partial charge is 0.461 e. The minimum Gasteiger partial charge on any atom is -0.461 e. The number of carbonyl (C=O) groups excluding carboxylic acids is 1. The molecular weight excluding hydrogens is 312 g/mol. The van der Waals surface area contributed by atoms with Gasteiger partial charge in [-0.15, -0.1) is 6.42 Å². The number of terminal acetylenes is 1. The molecule has 0 radical (unpaired) electrons. The van der Waals surface area contributed by atoms with Crippen molar-refractivity contribution in [1.82, 2.24) is 4.90 Å². The van der Waals surface area contributed by atoms with Gasteiger partial charge in [-0.1, -0.05) is 37.1 Å². The second kappa shape index (κ2) is 7.14. The molecule has 2 aromatic carbocycles. The molecule has 3 rings (SSSR count). The molecule has 0 aliphatic carbocycles. The van der Waals surface area contributed by atoms with Gasteiger partial charge in [0, 0.05) is 35.7 Å². The summed E-state index contributed by atoms with van der Waals surface area (Å²) in [5, 5.41) is 3.92. The summed E-state index contributed by atoms with van der Waals surface area (Å²) in [7, 11) is 1.77. The van der Waals surface area contributed by atoms with Crippen LogP contribution in [-0.4, -0.2) is 18.0 Å². The van der Waals surface area contributed by atoms with Gasteiger partial charge >= 0.3 is 6.03 Å². The molecule has 0 bridgehead atoms. The van der Waals surface area contributed by atoms with Crippen LogP contribution < -0.4 is 5.32 Å². The molecule has 1 heterocycles. The van der Waals surface area contributed by atoms with Gasteiger partial charge in [-0.25, -0.2) is 4.79 Å². The van der Waals surface area contributed by atoms with Crippen LogP contribution in [0.1, 0.15) is 23.8 Å². The highest BCUT2D eigenvalue weighted by Gasteiger charge is 2.17. The first kappa shape index (κ1) is 16.7. The average Bonchev–Trinajstić information content (AvgIpc) is 2.99. The van der Waals surface area contributed by atoms with Crippen molar-refractivity contribution in [3.63, 3.8) is 0 Å². The Morgan fingerprint density at radius 1 is 1.24 bits per heavy atom. The summed E-state index contributed by atoms with van der Waals surface area (Å²) in [5.41, 5.74) is 3.31. The summed E-state index contributed by atoms with van der Waals surface area (Å²) in [6, 6.07) is 14.9. The van der Waals surface area contributed by atoms with Crippen molar-refractivity contribution in [3.8, 4) is 12.3 Å². The van der Waals surface area contributed by atoms with E-state index < -0.39 is 0 Å². The molecule has 1 aromatic heterocycles. The molecular formula is C21H20N2O2. The highest BCUT2D eigenvalue weighted by Crippen LogP contribution is 2.27. The number of fused-ring (bicyclic) bond motifs is 1. The van der Waals surface area contributed by atoms with E-state index in [1.165, 1.54) is 0 Å². The Bertz CT molecular complexity index is 950. The summed E-state index contributed by atoms with van der Waals surface area (Å²) in [5.74, 6) is 3.48. The van der Waals surface area contributed by atoms with Crippen molar-refractivity contribution in [1.29, 1.82) is 0 Å². The molecule has 0 fully saturated rings. The maximum atomic E-state index is 12.5. The molecule has 4 nitrogen and oxygen atoms in total. The second-order valence-electron chi connectivity index (χ2n) is 5.86. The Hall–Kier alpha value is -3.19. The van der Waals surface area contributed by atoms with Gasteiger partial charge in [0.05, 0.1) is 6.54 Å². The van der Waals surface area contributed by atoms with E-state index in [4.69, 9.17) is 10.8 Å². The number of para-hydroxylation sites is 1. The van der Waals surface area contributed by atoms with Gasteiger partial charge in [0.2, 0.25) is 0 Å². The quantitative estimate of drug-likeness (QED) is 0.707. The van der Waals surface area contributed by atoms with Crippen molar-refractivity contribution in [3.05, 3.63) is 65.4 Å². The number of carbonyl (C=O) groups is 1. The number of nitrogens with zero attached hydrogens (tertiary/aromatic N) is 1. The van der Waals surface area contributed by atoms with Crippen LogP contribution in [-0.2, 0) is 13.0 Å². The highest BCUT2D eigenvalue weighted by molar-refractivity contribution is 5.90. The first-order chi connectivity index (χ1) is 12.1. The van der Waals surface area contributed by atoms with E-state index in [0.29, 0.717) is 12.2 Å². The number of furan rings is 1. The van der Waals surface area contributed by atoms with Crippen molar-refractivity contribution in [2.24, 2.45) is 0 Å². The number of benzene rings is 2. The topological polar surface area (TPSA) is 45.5 Å². The van der Waals surface area contributed by atoms with E-state index in [9.17, 15) is 4.79 Å². The molecule has 2 amide bonds. The third kappa shape index (κ3) is 3.51. The smallest absolute Gasteiger partial charge is 0.321 e. The molecule has 4 heteroatoms. The summed E-state index contributed by atoms with van der Waals surface area (Å²) in [4.78, 5) is 14.1. The Morgan fingerprint density at radius 3 is 2.80 bits per heavy atom. The lowest BCUT2D eigenvalue weighted by Gasteiger charge is -2.18. The number of nitrogens with one attached hydrogen (secondary N) is 1. The van der Waals surface area contributed by atoms with Gasteiger partial charge in [-0.05, 0) is 24.3 Å². The van der Waals surface area contributed by atoms with Crippen molar-refractivity contribution >= 4 is 22.7 Å². The maximum absolute atomic E-state index is 12.5. The van der Waals surface area contributed by atoms with Crippen LogP contribution in [0.2, 0.25) is 0 Å². The molecule has 0 saturated heterocycles. The zero-order chi connectivity index (χ0) is 17.8. The Kier molecular flexibility index (Phi) is 4.76. The van der Waals surface area contributed by atoms with Gasteiger partial charge in [-0.2, -0.15) is 0 Å². The van der Waals surface area contributed by atoms with E-state index in [1.807, 2.05) is 49.4 Å². The first-order valence-corrected chi connectivity index (χ1v) is 8.20. The zero-order valence-corrected chi connectivity index (χ0v) is 14.4. The lowest BCUT2D eigenvalue weighted by molar-refractivity contribution is 0.220. The van der Waals surface area contributed by atoms with Gasteiger partial charge in [0.25, 0.3) is 0 Å². The van der Waals surface area contributed by atoms with E-state index in [2.05, 4.69) is 11.2 Å². The third-order valence-electron chi connectivity index (χ3n) is 4.13. The van der Waals surface area contributed by atoms with E-state index in [-0.39, 0.29) is 6.03 Å². The van der Waals surface area contributed by atoms with Gasteiger partial charge in [0.15, 0.2) is 0 Å². The van der Waals surface area contributed by atoms with Crippen LogP contribution in [0.15, 0.2) is 52.9 Å². The predicted molar refractivity (Wildman–Crippen MR) is 100 cm³/mol. The molecule has 0 aliphatic heterocycles.